The van der Waals surface area contributed by atoms with Gasteiger partial charge in [0.2, 0.25) is 11.8 Å². The molecule has 23 heavy (non-hydrogen) atoms. The summed E-state index contributed by atoms with van der Waals surface area (Å²) in [5, 5.41) is 5.99. The molecule has 0 aromatic heterocycles. The second-order valence-electron chi connectivity index (χ2n) is 5.56. The summed E-state index contributed by atoms with van der Waals surface area (Å²) in [5.74, 6) is -0.736. The molecule has 0 spiro atoms. The van der Waals surface area contributed by atoms with Crippen LogP contribution in [0.2, 0.25) is 5.02 Å². The highest BCUT2D eigenvalue weighted by molar-refractivity contribution is 6.31. The third-order valence-corrected chi connectivity index (χ3v) is 3.84. The zero-order valence-corrected chi connectivity index (χ0v) is 14.1. The number of amides is 2. The highest BCUT2D eigenvalue weighted by Crippen LogP contribution is 2.20. The van der Waals surface area contributed by atoms with Crippen LogP contribution in [0.5, 0.6) is 0 Å². The van der Waals surface area contributed by atoms with E-state index in [4.69, 9.17) is 11.6 Å². The molecule has 0 heterocycles. The molecule has 0 aliphatic rings. The van der Waals surface area contributed by atoms with Crippen LogP contribution in [-0.2, 0) is 9.59 Å². The van der Waals surface area contributed by atoms with E-state index in [1.165, 1.54) is 0 Å². The SMILES string of the molecule is Cc1ccc(NC(=O)CC(=O)Nc2ccc(C)c(Cl)c2)c(C)c1. The van der Waals surface area contributed by atoms with Crippen molar-refractivity contribution >= 4 is 34.8 Å². The Hall–Kier alpha value is -2.33. The molecule has 120 valence electrons. The Morgan fingerprint density at radius 2 is 1.61 bits per heavy atom. The third kappa shape index (κ3) is 4.83. The van der Waals surface area contributed by atoms with E-state index in [9.17, 15) is 9.59 Å². The van der Waals surface area contributed by atoms with Crippen molar-refractivity contribution in [2.45, 2.75) is 27.2 Å². The number of carbonyl (C=O) groups is 2. The van der Waals surface area contributed by atoms with Gasteiger partial charge in [-0.05, 0) is 50.1 Å². The van der Waals surface area contributed by atoms with Crippen LogP contribution in [0, 0.1) is 20.8 Å². The molecular formula is C18H19ClN2O2. The molecule has 0 saturated heterocycles. The van der Waals surface area contributed by atoms with Gasteiger partial charge in [0.05, 0.1) is 0 Å². The van der Waals surface area contributed by atoms with E-state index in [-0.39, 0.29) is 18.2 Å². The van der Waals surface area contributed by atoms with Gasteiger partial charge in [-0.3, -0.25) is 9.59 Å². The molecule has 0 radical (unpaired) electrons. The Kier molecular flexibility index (Phi) is 5.40. The van der Waals surface area contributed by atoms with E-state index in [2.05, 4.69) is 10.6 Å². The molecule has 0 bridgehead atoms. The fraction of sp³-hybridized carbons (Fsp3) is 0.222. The van der Waals surface area contributed by atoms with Crippen LogP contribution in [0.1, 0.15) is 23.1 Å². The number of rotatable bonds is 4. The molecule has 0 fully saturated rings. The standard InChI is InChI=1S/C18H19ClN2O2/c1-11-4-7-16(13(3)8-11)21-18(23)10-17(22)20-14-6-5-12(2)15(19)9-14/h4-9H,10H2,1-3H3,(H,20,22)(H,21,23). The van der Waals surface area contributed by atoms with Crippen LogP contribution >= 0.6 is 11.6 Å². The lowest BCUT2D eigenvalue weighted by Gasteiger charge is -2.10. The number of anilines is 2. The molecule has 4 nitrogen and oxygen atoms in total. The van der Waals surface area contributed by atoms with E-state index >= 15 is 0 Å². The summed E-state index contributed by atoms with van der Waals surface area (Å²) in [7, 11) is 0. The summed E-state index contributed by atoms with van der Waals surface area (Å²) >= 11 is 6.01. The maximum absolute atomic E-state index is 12.0. The highest BCUT2D eigenvalue weighted by atomic mass is 35.5. The third-order valence-electron chi connectivity index (χ3n) is 3.43. The molecular weight excluding hydrogens is 312 g/mol. The number of hydrogen-bond acceptors (Lipinski definition) is 2. The van der Waals surface area contributed by atoms with Crippen molar-refractivity contribution in [3.8, 4) is 0 Å². The van der Waals surface area contributed by atoms with Gasteiger partial charge in [0.1, 0.15) is 6.42 Å². The predicted molar refractivity (Wildman–Crippen MR) is 94.0 cm³/mol. The quantitative estimate of drug-likeness (QED) is 0.824. The molecule has 0 aliphatic carbocycles. The lowest BCUT2D eigenvalue weighted by atomic mass is 10.1. The average Bonchev–Trinajstić information content (AvgIpc) is 2.46. The molecule has 0 atom stereocenters. The second kappa shape index (κ2) is 7.29. The molecule has 2 aromatic carbocycles. The minimum Gasteiger partial charge on any atom is -0.326 e. The monoisotopic (exact) mass is 330 g/mol. The zero-order valence-electron chi connectivity index (χ0n) is 13.4. The number of nitrogens with one attached hydrogen (secondary N) is 2. The Morgan fingerprint density at radius 3 is 2.26 bits per heavy atom. The van der Waals surface area contributed by atoms with Gasteiger partial charge in [0.15, 0.2) is 0 Å². The van der Waals surface area contributed by atoms with Crippen LogP contribution in [0.4, 0.5) is 11.4 Å². The summed E-state index contributed by atoms with van der Waals surface area (Å²) in [6, 6.07) is 11.0. The first-order valence-corrected chi connectivity index (χ1v) is 7.66. The molecule has 2 rings (SSSR count). The number of aryl methyl sites for hydroxylation is 3. The number of benzene rings is 2. The lowest BCUT2D eigenvalue weighted by Crippen LogP contribution is -2.21. The summed E-state index contributed by atoms with van der Waals surface area (Å²) in [5.41, 5.74) is 4.30. The van der Waals surface area contributed by atoms with Gasteiger partial charge >= 0.3 is 0 Å². The van der Waals surface area contributed by atoms with Crippen LogP contribution in [-0.4, -0.2) is 11.8 Å². The predicted octanol–water partition coefficient (Wildman–Crippen LogP) is 4.23. The topological polar surface area (TPSA) is 58.2 Å². The van der Waals surface area contributed by atoms with Gasteiger partial charge in [-0.25, -0.2) is 0 Å². The van der Waals surface area contributed by atoms with Gasteiger partial charge in [0, 0.05) is 16.4 Å². The fourth-order valence-corrected chi connectivity index (χ4v) is 2.35. The van der Waals surface area contributed by atoms with Gasteiger partial charge in [-0.15, -0.1) is 0 Å². The maximum atomic E-state index is 12.0. The average molecular weight is 331 g/mol. The van der Waals surface area contributed by atoms with Crippen LogP contribution < -0.4 is 10.6 Å². The maximum Gasteiger partial charge on any atom is 0.233 e. The first kappa shape index (κ1) is 17.0. The summed E-state index contributed by atoms with van der Waals surface area (Å²) in [6.07, 6.45) is -0.251. The van der Waals surface area contributed by atoms with Crippen molar-refractivity contribution < 1.29 is 9.59 Å². The van der Waals surface area contributed by atoms with E-state index in [1.807, 2.05) is 45.0 Å². The van der Waals surface area contributed by atoms with E-state index in [0.29, 0.717) is 16.4 Å². The molecule has 2 amide bonds. The largest absolute Gasteiger partial charge is 0.326 e. The number of halogens is 1. The van der Waals surface area contributed by atoms with Crippen molar-refractivity contribution in [2.75, 3.05) is 10.6 Å². The lowest BCUT2D eigenvalue weighted by molar-refractivity contribution is -0.123. The highest BCUT2D eigenvalue weighted by Gasteiger charge is 2.11. The first-order valence-electron chi connectivity index (χ1n) is 7.28. The van der Waals surface area contributed by atoms with E-state index in [1.54, 1.807) is 12.1 Å². The Balaban J connectivity index is 1.94. The van der Waals surface area contributed by atoms with Crippen molar-refractivity contribution in [3.05, 3.63) is 58.1 Å². The Labute approximate surface area is 140 Å². The van der Waals surface area contributed by atoms with Gasteiger partial charge in [-0.2, -0.15) is 0 Å². The molecule has 0 saturated carbocycles. The van der Waals surface area contributed by atoms with Gasteiger partial charge in [-0.1, -0.05) is 35.4 Å². The molecule has 0 unspecified atom stereocenters. The smallest absolute Gasteiger partial charge is 0.233 e. The summed E-state index contributed by atoms with van der Waals surface area (Å²) in [4.78, 5) is 23.9. The second-order valence-corrected chi connectivity index (χ2v) is 5.96. The molecule has 2 N–H and O–H groups in total. The number of carbonyl (C=O) groups excluding carboxylic acids is 2. The minimum absolute atomic E-state index is 0.251. The Bertz CT molecular complexity index is 757. The first-order chi connectivity index (χ1) is 10.8. The summed E-state index contributed by atoms with van der Waals surface area (Å²) < 4.78 is 0. The fourth-order valence-electron chi connectivity index (χ4n) is 2.17. The van der Waals surface area contributed by atoms with Crippen LogP contribution in [0.25, 0.3) is 0 Å². The van der Waals surface area contributed by atoms with E-state index in [0.717, 1.165) is 16.7 Å². The Morgan fingerprint density at radius 1 is 0.913 bits per heavy atom. The number of hydrogen-bond donors (Lipinski definition) is 2. The van der Waals surface area contributed by atoms with E-state index < -0.39 is 0 Å². The molecule has 5 heteroatoms. The summed E-state index contributed by atoms with van der Waals surface area (Å²) in [6.45, 7) is 5.78. The minimum atomic E-state index is -0.382. The molecule has 0 aliphatic heterocycles. The van der Waals surface area contributed by atoms with Crippen molar-refractivity contribution in [1.29, 1.82) is 0 Å². The van der Waals surface area contributed by atoms with Crippen molar-refractivity contribution in [1.82, 2.24) is 0 Å². The van der Waals surface area contributed by atoms with Gasteiger partial charge < -0.3 is 10.6 Å². The normalized spacial score (nSPS) is 10.3. The zero-order chi connectivity index (χ0) is 17.0. The van der Waals surface area contributed by atoms with Crippen LogP contribution in [0.15, 0.2) is 36.4 Å². The van der Waals surface area contributed by atoms with Crippen molar-refractivity contribution in [3.63, 3.8) is 0 Å². The molecule has 2 aromatic rings. The van der Waals surface area contributed by atoms with Crippen LogP contribution in [0.3, 0.4) is 0 Å². The van der Waals surface area contributed by atoms with Gasteiger partial charge in [0.25, 0.3) is 0 Å². The van der Waals surface area contributed by atoms with Crippen molar-refractivity contribution in [2.24, 2.45) is 0 Å².